The summed E-state index contributed by atoms with van der Waals surface area (Å²) in [4.78, 5) is 47.0. The van der Waals surface area contributed by atoms with Crippen molar-refractivity contribution in [2.75, 3.05) is 63.0 Å². The smallest absolute Gasteiger partial charge is 0.324 e. The molecule has 1 aromatic carbocycles. The summed E-state index contributed by atoms with van der Waals surface area (Å²) in [5.74, 6) is 1.39. The fourth-order valence-electron chi connectivity index (χ4n) is 4.53. The van der Waals surface area contributed by atoms with E-state index in [0.29, 0.717) is 71.6 Å². The largest absolute Gasteiger partial charge is 0.378 e. The van der Waals surface area contributed by atoms with Gasteiger partial charge in [0.15, 0.2) is 11.6 Å². The lowest BCUT2D eigenvalue weighted by atomic mass is 10.1. The van der Waals surface area contributed by atoms with E-state index in [1.54, 1.807) is 62.9 Å². The van der Waals surface area contributed by atoms with Gasteiger partial charge in [-0.1, -0.05) is 0 Å². The third-order valence-electron chi connectivity index (χ3n) is 6.72. The van der Waals surface area contributed by atoms with E-state index in [0.717, 1.165) is 11.1 Å². The molecule has 1 fully saturated rings. The summed E-state index contributed by atoms with van der Waals surface area (Å²) in [7, 11) is 5.26. The summed E-state index contributed by atoms with van der Waals surface area (Å²) >= 11 is 0. The third kappa shape index (κ3) is 6.80. The maximum Gasteiger partial charge on any atom is 0.324 e. The fraction of sp³-hybridized carbons (Fsp3) is 0.233. The molecule has 0 unspecified atom stereocenters. The maximum absolute atomic E-state index is 12.6. The number of carbonyl (C=O) groups is 2. The van der Waals surface area contributed by atoms with Crippen molar-refractivity contribution >= 4 is 52.1 Å². The number of carbonyl (C=O) groups excluding carboxylic acids is 2. The Morgan fingerprint density at radius 1 is 1.00 bits per heavy atom. The molecule has 0 spiro atoms. The van der Waals surface area contributed by atoms with E-state index < -0.39 is 6.03 Å². The van der Waals surface area contributed by atoms with Crippen LogP contribution in [0.2, 0.25) is 0 Å². The second-order valence-corrected chi connectivity index (χ2v) is 9.95. The van der Waals surface area contributed by atoms with Crippen molar-refractivity contribution < 1.29 is 19.6 Å². The molecule has 43 heavy (non-hydrogen) atoms. The fourth-order valence-corrected chi connectivity index (χ4v) is 4.53. The lowest BCUT2D eigenvalue weighted by Crippen LogP contribution is -2.72. The number of aromatic nitrogens is 4. The highest BCUT2D eigenvalue weighted by atomic mass is 16.5. The molecule has 4 aromatic rings. The molecular formula is C30H33N10O3+. The number of fused-ring (bicyclic) bond motifs is 1. The second kappa shape index (κ2) is 13.1. The van der Waals surface area contributed by atoms with Crippen LogP contribution in [-0.2, 0) is 4.74 Å². The highest BCUT2D eigenvalue weighted by Gasteiger charge is 2.20. The summed E-state index contributed by atoms with van der Waals surface area (Å²) in [6.45, 7) is 2.54. The topological polar surface area (TPSA) is 166 Å². The molecule has 13 nitrogen and oxygen atoms in total. The highest BCUT2D eigenvalue weighted by Crippen LogP contribution is 2.28. The molecule has 5 rings (SSSR count). The Labute approximate surface area is 248 Å². The van der Waals surface area contributed by atoms with E-state index in [2.05, 4.69) is 25.5 Å². The van der Waals surface area contributed by atoms with Crippen LogP contribution in [0, 0.1) is 5.41 Å². The Kier molecular flexibility index (Phi) is 8.93. The monoisotopic (exact) mass is 581 g/mol. The molecule has 0 atom stereocenters. The normalized spacial score (nSPS) is 13.5. The third-order valence-corrected chi connectivity index (χ3v) is 6.72. The zero-order valence-corrected chi connectivity index (χ0v) is 24.2. The predicted molar refractivity (Wildman–Crippen MR) is 165 cm³/mol. The van der Waals surface area contributed by atoms with Crippen LogP contribution in [0.5, 0.6) is 0 Å². The molecule has 3 amide bonds. The van der Waals surface area contributed by atoms with Crippen molar-refractivity contribution in [1.29, 1.82) is 5.41 Å². The molecule has 1 saturated heterocycles. The molecule has 0 radical (unpaired) electrons. The first kappa shape index (κ1) is 29.2. The zero-order chi connectivity index (χ0) is 30.3. The quantitative estimate of drug-likeness (QED) is 0.230. The van der Waals surface area contributed by atoms with E-state index >= 15 is 0 Å². The van der Waals surface area contributed by atoms with Gasteiger partial charge in [-0.3, -0.25) is 15.1 Å². The molecule has 0 bridgehead atoms. The van der Waals surface area contributed by atoms with Gasteiger partial charge in [0, 0.05) is 68.2 Å². The first-order valence-electron chi connectivity index (χ1n) is 13.7. The average molecular weight is 582 g/mol. The van der Waals surface area contributed by atoms with Crippen LogP contribution in [0.25, 0.3) is 28.0 Å². The predicted octanol–water partition coefficient (Wildman–Crippen LogP) is 2.45. The van der Waals surface area contributed by atoms with Gasteiger partial charge in [-0.2, -0.15) is 0 Å². The molecule has 1 aliphatic heterocycles. The number of nitrogens with zero attached hydrogens (tertiary/aromatic N) is 6. The van der Waals surface area contributed by atoms with Crippen LogP contribution in [-0.4, -0.2) is 90.4 Å². The van der Waals surface area contributed by atoms with Crippen LogP contribution >= 0.6 is 0 Å². The number of quaternary nitrogens is 1. The summed E-state index contributed by atoms with van der Waals surface area (Å²) in [6.07, 6.45) is 6.49. The summed E-state index contributed by atoms with van der Waals surface area (Å²) in [5, 5.41) is 15.1. The maximum atomic E-state index is 12.6. The number of nitrogens with two attached hydrogens (primary N) is 1. The number of rotatable bonds is 8. The van der Waals surface area contributed by atoms with Crippen molar-refractivity contribution in [2.45, 2.75) is 0 Å². The molecule has 0 aliphatic carbocycles. The van der Waals surface area contributed by atoms with Crippen LogP contribution in [0.15, 0.2) is 61.1 Å². The number of nitrogens with one attached hydrogen (secondary N) is 3. The van der Waals surface area contributed by atoms with Crippen LogP contribution in [0.3, 0.4) is 0 Å². The minimum Gasteiger partial charge on any atom is -0.378 e. The number of benzene rings is 1. The Balaban J connectivity index is 1.38. The Bertz CT molecular complexity index is 1660. The van der Waals surface area contributed by atoms with Crippen LogP contribution in [0.4, 0.5) is 22.1 Å². The van der Waals surface area contributed by atoms with Gasteiger partial charge in [-0.05, 0) is 42.5 Å². The summed E-state index contributed by atoms with van der Waals surface area (Å²) in [5.41, 5.74) is 4.54. The van der Waals surface area contributed by atoms with E-state index in [1.807, 2.05) is 24.6 Å². The molecule has 0 saturated carbocycles. The molecule has 5 N–H and O–H groups in total. The number of allylic oxidation sites excluding steroid dienone is 1. The summed E-state index contributed by atoms with van der Waals surface area (Å²) < 4.78 is 5.54. The minimum atomic E-state index is -0.471. The first-order valence-corrected chi connectivity index (χ1v) is 13.7. The lowest BCUT2D eigenvalue weighted by molar-refractivity contribution is -0.555. The van der Waals surface area contributed by atoms with Gasteiger partial charge >= 0.3 is 6.03 Å². The van der Waals surface area contributed by atoms with Crippen molar-refractivity contribution in [3.05, 3.63) is 72.2 Å². The second-order valence-electron chi connectivity index (χ2n) is 9.95. The minimum absolute atomic E-state index is 0.118. The highest BCUT2D eigenvalue weighted by molar-refractivity contribution is 6.08. The lowest BCUT2D eigenvalue weighted by Gasteiger charge is -2.28. The molecule has 4 heterocycles. The number of hydrogen-bond acceptors (Lipinski definition) is 9. The summed E-state index contributed by atoms with van der Waals surface area (Å²) in [6, 6.07) is 11.6. The van der Waals surface area contributed by atoms with E-state index in [1.165, 1.54) is 11.1 Å². The van der Waals surface area contributed by atoms with Crippen molar-refractivity contribution in [3.63, 3.8) is 0 Å². The molecule has 220 valence electrons. The van der Waals surface area contributed by atoms with E-state index in [4.69, 9.17) is 20.1 Å². The SMILES string of the molecule is C[NH2+]/C=C(\C=N)c1cnc2c(N3CCOCC3)nc(-c3ccc(NC(=O)Nc4ccc(C(=O)N(C)C)cc4)nc3)nc2c1. The number of amides is 3. The Morgan fingerprint density at radius 3 is 2.42 bits per heavy atom. The van der Waals surface area contributed by atoms with Gasteiger partial charge in [-0.25, -0.2) is 19.7 Å². The van der Waals surface area contributed by atoms with Crippen molar-refractivity contribution in [2.24, 2.45) is 0 Å². The van der Waals surface area contributed by atoms with E-state index in [9.17, 15) is 9.59 Å². The Morgan fingerprint density at radius 2 is 1.77 bits per heavy atom. The van der Waals surface area contributed by atoms with E-state index in [-0.39, 0.29) is 5.91 Å². The Hall–Kier alpha value is -5.27. The van der Waals surface area contributed by atoms with Crippen LogP contribution < -0.4 is 20.9 Å². The molecule has 13 heteroatoms. The number of hydrogen-bond donors (Lipinski definition) is 4. The first-order chi connectivity index (χ1) is 20.9. The van der Waals surface area contributed by atoms with Crippen molar-refractivity contribution in [3.8, 4) is 11.4 Å². The molecule has 3 aromatic heterocycles. The molecular weight excluding hydrogens is 548 g/mol. The van der Waals surface area contributed by atoms with Gasteiger partial charge < -0.3 is 30.6 Å². The van der Waals surface area contributed by atoms with Gasteiger partial charge in [-0.15, -0.1) is 0 Å². The van der Waals surface area contributed by atoms with Gasteiger partial charge in [0.1, 0.15) is 17.5 Å². The zero-order valence-electron chi connectivity index (χ0n) is 24.2. The number of pyridine rings is 2. The van der Waals surface area contributed by atoms with Gasteiger partial charge in [0.2, 0.25) is 0 Å². The van der Waals surface area contributed by atoms with Gasteiger partial charge in [0.05, 0.1) is 31.4 Å². The molecule has 1 aliphatic rings. The average Bonchev–Trinajstić information content (AvgIpc) is 3.03. The standard InChI is InChI=1S/C30H32N10O3/c1-32-16-22(15-31)21-14-24-26(34-18-21)28(40-10-12-43-13-11-40)38-27(36-24)20-6-9-25(33-17-20)37-30(42)35-23-7-4-19(5-8-23)29(41)39(2)3/h4-9,14-18,31-32H,10-13H2,1-3H3,(H2,33,35,37,42)/p+1/b22-16+,31-15?. The van der Waals surface area contributed by atoms with Gasteiger partial charge in [0.25, 0.3) is 5.91 Å². The number of anilines is 3. The number of urea groups is 1. The van der Waals surface area contributed by atoms with Crippen LogP contribution in [0.1, 0.15) is 15.9 Å². The van der Waals surface area contributed by atoms with Crippen molar-refractivity contribution in [1.82, 2.24) is 24.8 Å². The number of morpholine rings is 1. The number of ether oxygens (including phenoxy) is 1.